The Labute approximate surface area is 155 Å². The van der Waals surface area contributed by atoms with Gasteiger partial charge < -0.3 is 23.7 Å². The maximum absolute atomic E-state index is 12.8. The number of hydrogen-bond acceptors (Lipinski definition) is 6. The zero-order chi connectivity index (χ0) is 19.1. The van der Waals surface area contributed by atoms with Crippen molar-refractivity contribution in [2.75, 3.05) is 28.4 Å². The Kier molecular flexibility index (Phi) is 7.25. The minimum absolute atomic E-state index is 0.0820. The summed E-state index contributed by atoms with van der Waals surface area (Å²) in [5.74, 6) is 2.09. The summed E-state index contributed by atoms with van der Waals surface area (Å²) in [6, 6.07) is 10.7. The van der Waals surface area contributed by atoms with Crippen LogP contribution in [0.5, 0.6) is 23.0 Å². The second kappa shape index (κ2) is 9.41. The van der Waals surface area contributed by atoms with E-state index < -0.39 is 0 Å². The summed E-state index contributed by atoms with van der Waals surface area (Å²) < 4.78 is 26.5. The van der Waals surface area contributed by atoms with Crippen LogP contribution in [0, 0.1) is 0 Å². The lowest BCUT2D eigenvalue weighted by atomic mass is 10.2. The monoisotopic (exact) mass is 378 g/mol. The summed E-state index contributed by atoms with van der Waals surface area (Å²) in [6.45, 7) is 1.81. The van der Waals surface area contributed by atoms with Gasteiger partial charge in [0.15, 0.2) is 11.8 Å². The molecule has 2 aromatic rings. The van der Waals surface area contributed by atoms with Crippen LogP contribution in [0.1, 0.15) is 17.3 Å². The molecule has 0 radical (unpaired) electrons. The fraction of sp³-hybridized carbons (Fsp3) is 0.316. The van der Waals surface area contributed by atoms with E-state index in [2.05, 4.69) is 0 Å². The smallest absolute Gasteiger partial charge is 0.196 e. The van der Waals surface area contributed by atoms with Crippen LogP contribution in [-0.4, -0.2) is 40.3 Å². The van der Waals surface area contributed by atoms with Crippen molar-refractivity contribution in [2.24, 2.45) is 0 Å². The summed E-state index contributed by atoms with van der Waals surface area (Å²) in [5.41, 5.74) is 0.322. The topological polar surface area (TPSA) is 63.2 Å². The second-order valence-corrected chi connectivity index (χ2v) is 6.59. The van der Waals surface area contributed by atoms with Gasteiger partial charge >= 0.3 is 0 Å². The number of carbonyl (C=O) groups excluding carboxylic acids is 1. The predicted molar refractivity (Wildman–Crippen MR) is 102 cm³/mol. The third-order valence-corrected chi connectivity index (χ3v) is 4.79. The highest BCUT2D eigenvalue weighted by atomic mass is 31.1. The maximum atomic E-state index is 12.8. The zero-order valence-electron chi connectivity index (χ0n) is 15.5. The molecule has 0 amide bonds. The highest BCUT2D eigenvalue weighted by Gasteiger charge is 2.20. The Balaban J connectivity index is 2.22. The van der Waals surface area contributed by atoms with Gasteiger partial charge in [-0.2, -0.15) is 0 Å². The van der Waals surface area contributed by atoms with Crippen LogP contribution in [0.15, 0.2) is 36.4 Å². The quantitative estimate of drug-likeness (QED) is 0.493. The molecular formula is C19H23O6P. The van der Waals surface area contributed by atoms with E-state index in [1.165, 1.54) is 14.2 Å². The van der Waals surface area contributed by atoms with Crippen molar-refractivity contribution < 1.29 is 28.5 Å². The Morgan fingerprint density at radius 1 is 0.885 bits per heavy atom. The van der Waals surface area contributed by atoms with E-state index in [0.717, 1.165) is 5.30 Å². The molecule has 0 fully saturated rings. The molecule has 0 saturated heterocycles. The Hall–Kier alpha value is -2.30. The van der Waals surface area contributed by atoms with Crippen molar-refractivity contribution in [2.45, 2.75) is 13.2 Å². The van der Waals surface area contributed by atoms with Crippen molar-refractivity contribution in [1.29, 1.82) is 0 Å². The van der Waals surface area contributed by atoms with E-state index in [-0.39, 0.29) is 20.4 Å². The van der Waals surface area contributed by atoms with Crippen LogP contribution < -0.4 is 24.3 Å². The van der Waals surface area contributed by atoms with Gasteiger partial charge in [-0.3, -0.25) is 4.79 Å². The largest absolute Gasteiger partial charge is 0.496 e. The van der Waals surface area contributed by atoms with E-state index in [4.69, 9.17) is 23.7 Å². The van der Waals surface area contributed by atoms with Gasteiger partial charge in [0.1, 0.15) is 28.6 Å². The van der Waals surface area contributed by atoms with Gasteiger partial charge in [0, 0.05) is 19.2 Å². The molecule has 0 aromatic heterocycles. The second-order valence-electron chi connectivity index (χ2n) is 5.31. The van der Waals surface area contributed by atoms with Crippen LogP contribution in [0.2, 0.25) is 0 Å². The Bertz CT molecular complexity index is 719. The van der Waals surface area contributed by atoms with Gasteiger partial charge in [-0.25, -0.2) is 0 Å². The normalized spacial score (nSPS) is 12.0. The molecule has 140 valence electrons. The summed E-state index contributed by atoms with van der Waals surface area (Å²) in [4.78, 5) is 12.8. The molecule has 0 aliphatic rings. The molecule has 6 nitrogen and oxygen atoms in total. The minimum Gasteiger partial charge on any atom is -0.496 e. The molecule has 0 spiro atoms. The highest BCUT2D eigenvalue weighted by molar-refractivity contribution is 7.66. The number of methoxy groups -OCH3 is 4. The number of hydrogen-bond donors (Lipinski definition) is 0. The fourth-order valence-corrected chi connectivity index (χ4v) is 3.25. The van der Waals surface area contributed by atoms with Crippen molar-refractivity contribution in [1.82, 2.24) is 0 Å². The van der Waals surface area contributed by atoms with Gasteiger partial charge in [-0.15, -0.1) is 0 Å². The zero-order valence-corrected chi connectivity index (χ0v) is 16.5. The molecule has 7 heteroatoms. The van der Waals surface area contributed by atoms with E-state index in [1.807, 2.05) is 24.3 Å². The van der Waals surface area contributed by atoms with Crippen molar-refractivity contribution >= 4 is 19.4 Å². The van der Waals surface area contributed by atoms with Crippen LogP contribution in [0.25, 0.3) is 0 Å². The summed E-state index contributed by atoms with van der Waals surface area (Å²) in [5, 5.41) is 0.882. The highest BCUT2D eigenvalue weighted by Crippen LogP contribution is 2.37. The van der Waals surface area contributed by atoms with Gasteiger partial charge in [-0.1, -0.05) is 12.1 Å². The Morgan fingerprint density at radius 2 is 1.46 bits per heavy atom. The lowest BCUT2D eigenvalue weighted by molar-refractivity contribution is -0.0382. The molecule has 2 unspecified atom stereocenters. The molecule has 0 N–H and O–H groups in total. The lowest BCUT2D eigenvalue weighted by Crippen LogP contribution is -2.13. The summed E-state index contributed by atoms with van der Waals surface area (Å²) >= 11 is 0. The average molecular weight is 378 g/mol. The van der Waals surface area contributed by atoms with Gasteiger partial charge in [-0.05, 0) is 32.9 Å². The summed E-state index contributed by atoms with van der Waals surface area (Å²) in [7, 11) is 6.07. The van der Waals surface area contributed by atoms with Gasteiger partial charge in [0.25, 0.3) is 0 Å². The first-order valence-electron chi connectivity index (χ1n) is 7.93. The van der Waals surface area contributed by atoms with Crippen LogP contribution >= 0.6 is 8.58 Å². The SMILES string of the molecule is COc1cc(OC)c(C(=O)Pc2ccc(OC(C)OC)cc2)c(OC)c1. The fourth-order valence-electron chi connectivity index (χ4n) is 2.28. The molecule has 2 aromatic carbocycles. The molecule has 2 atom stereocenters. The standard InChI is InChI=1S/C19H23O6P/c1-12(21-2)25-13-6-8-15(9-7-13)26-19(20)18-16(23-4)10-14(22-3)11-17(18)24-5/h6-12,26H,1-5H3. The third kappa shape index (κ3) is 4.87. The van der Waals surface area contributed by atoms with Crippen molar-refractivity contribution in [3.8, 4) is 23.0 Å². The van der Waals surface area contributed by atoms with Crippen LogP contribution in [-0.2, 0) is 4.74 Å². The first-order valence-corrected chi connectivity index (χ1v) is 8.93. The molecule has 0 saturated carbocycles. The van der Waals surface area contributed by atoms with Crippen molar-refractivity contribution in [3.05, 3.63) is 42.0 Å². The summed E-state index contributed by atoms with van der Waals surface area (Å²) in [6.07, 6.45) is -0.335. The van der Waals surface area contributed by atoms with E-state index >= 15 is 0 Å². The van der Waals surface area contributed by atoms with Gasteiger partial charge in [0.05, 0.1) is 21.3 Å². The molecule has 0 heterocycles. The van der Waals surface area contributed by atoms with Crippen LogP contribution in [0.4, 0.5) is 0 Å². The number of ether oxygens (including phenoxy) is 5. The first kappa shape index (κ1) is 20.0. The number of benzene rings is 2. The number of rotatable bonds is 9. The molecule has 0 bridgehead atoms. The van der Waals surface area contributed by atoms with Gasteiger partial charge in [0.2, 0.25) is 0 Å². The first-order chi connectivity index (χ1) is 12.5. The van der Waals surface area contributed by atoms with E-state index in [0.29, 0.717) is 28.6 Å². The predicted octanol–water partition coefficient (Wildman–Crippen LogP) is 3.23. The molecular weight excluding hydrogens is 355 g/mol. The minimum atomic E-state index is -0.335. The van der Waals surface area contributed by atoms with Crippen LogP contribution in [0.3, 0.4) is 0 Å². The van der Waals surface area contributed by atoms with E-state index in [1.54, 1.807) is 33.3 Å². The lowest BCUT2D eigenvalue weighted by Gasteiger charge is -2.15. The third-order valence-electron chi connectivity index (χ3n) is 3.69. The average Bonchev–Trinajstić information content (AvgIpc) is 2.67. The maximum Gasteiger partial charge on any atom is 0.196 e. The molecule has 26 heavy (non-hydrogen) atoms. The van der Waals surface area contributed by atoms with Crippen molar-refractivity contribution in [3.63, 3.8) is 0 Å². The van der Waals surface area contributed by atoms with E-state index in [9.17, 15) is 4.79 Å². The molecule has 0 aliphatic carbocycles. The Morgan fingerprint density at radius 3 is 1.92 bits per heavy atom. The molecule has 2 rings (SSSR count). The molecule has 0 aliphatic heterocycles. The number of carbonyl (C=O) groups is 1.